The van der Waals surface area contributed by atoms with E-state index in [0.29, 0.717) is 24.5 Å². The van der Waals surface area contributed by atoms with Crippen LogP contribution in [0, 0.1) is 11.6 Å². The molecule has 2 rings (SSSR count). The first-order valence-corrected chi connectivity index (χ1v) is 6.58. The van der Waals surface area contributed by atoms with Crippen LogP contribution in [-0.2, 0) is 17.2 Å². The lowest BCUT2D eigenvalue weighted by Crippen LogP contribution is -2.12. The van der Waals surface area contributed by atoms with E-state index >= 15 is 0 Å². The van der Waals surface area contributed by atoms with Crippen molar-refractivity contribution < 1.29 is 13.5 Å². The molecule has 104 valence electrons. The van der Waals surface area contributed by atoms with Crippen molar-refractivity contribution >= 4 is 22.6 Å². The second-order valence-electron chi connectivity index (χ2n) is 4.49. The van der Waals surface area contributed by atoms with Gasteiger partial charge in [0.05, 0.1) is 24.1 Å². The van der Waals surface area contributed by atoms with Gasteiger partial charge >= 0.3 is 0 Å². The Hall–Kier alpha value is -1.20. The lowest BCUT2D eigenvalue weighted by Gasteiger charge is -2.10. The lowest BCUT2D eigenvalue weighted by atomic mass is 10.3. The van der Waals surface area contributed by atoms with Crippen molar-refractivity contribution in [2.45, 2.75) is 32.4 Å². The fourth-order valence-corrected chi connectivity index (χ4v) is 2.13. The Morgan fingerprint density at radius 1 is 1.37 bits per heavy atom. The number of nitrogens with zero attached hydrogens (tertiary/aromatic N) is 2. The molecule has 0 aliphatic heterocycles. The molecule has 0 saturated heterocycles. The molecule has 19 heavy (non-hydrogen) atoms. The zero-order valence-electron chi connectivity index (χ0n) is 10.8. The van der Waals surface area contributed by atoms with Gasteiger partial charge < -0.3 is 9.30 Å². The molecule has 1 aromatic carbocycles. The maximum absolute atomic E-state index is 13.6. The summed E-state index contributed by atoms with van der Waals surface area (Å²) < 4.78 is 34.1. The van der Waals surface area contributed by atoms with E-state index in [4.69, 9.17) is 16.3 Å². The van der Waals surface area contributed by atoms with Crippen LogP contribution < -0.4 is 0 Å². The molecule has 0 atom stereocenters. The molecule has 0 N–H and O–H groups in total. The highest BCUT2D eigenvalue weighted by Crippen LogP contribution is 2.22. The van der Waals surface area contributed by atoms with Crippen molar-refractivity contribution in [1.82, 2.24) is 9.55 Å². The van der Waals surface area contributed by atoms with E-state index in [-0.39, 0.29) is 17.5 Å². The summed E-state index contributed by atoms with van der Waals surface area (Å²) in [5.41, 5.74) is 0.544. The standard InChI is InChI=1S/C13H15ClF2N2O/c1-8(2)19-4-3-18-11-6-9(15)5-10(16)13(11)17-12(18)7-14/h5-6,8H,3-4,7H2,1-2H3. The summed E-state index contributed by atoms with van der Waals surface area (Å²) in [4.78, 5) is 4.10. The van der Waals surface area contributed by atoms with E-state index in [9.17, 15) is 8.78 Å². The third-order valence-corrected chi connectivity index (χ3v) is 2.98. The fraction of sp³-hybridized carbons (Fsp3) is 0.462. The summed E-state index contributed by atoms with van der Waals surface area (Å²) in [6.07, 6.45) is 0.0997. The summed E-state index contributed by atoms with van der Waals surface area (Å²) in [6, 6.07) is 2.08. The van der Waals surface area contributed by atoms with Gasteiger partial charge in [0, 0.05) is 12.6 Å². The Labute approximate surface area is 115 Å². The highest BCUT2D eigenvalue weighted by Gasteiger charge is 2.15. The van der Waals surface area contributed by atoms with Crippen LogP contribution in [0.2, 0.25) is 0 Å². The van der Waals surface area contributed by atoms with Crippen LogP contribution in [0.1, 0.15) is 19.7 Å². The molecule has 2 aromatic rings. The van der Waals surface area contributed by atoms with Gasteiger partial charge in [-0.1, -0.05) is 0 Å². The van der Waals surface area contributed by atoms with Crippen molar-refractivity contribution in [2.24, 2.45) is 0 Å². The highest BCUT2D eigenvalue weighted by molar-refractivity contribution is 6.16. The van der Waals surface area contributed by atoms with Gasteiger partial charge in [-0.25, -0.2) is 13.8 Å². The molecule has 0 fully saturated rings. The van der Waals surface area contributed by atoms with E-state index in [0.717, 1.165) is 6.07 Å². The number of fused-ring (bicyclic) bond motifs is 1. The average molecular weight is 289 g/mol. The number of imidazole rings is 1. The van der Waals surface area contributed by atoms with Gasteiger partial charge in [-0.05, 0) is 19.9 Å². The number of rotatable bonds is 5. The maximum Gasteiger partial charge on any atom is 0.153 e. The molecule has 1 heterocycles. The van der Waals surface area contributed by atoms with Gasteiger partial charge in [0.2, 0.25) is 0 Å². The quantitative estimate of drug-likeness (QED) is 0.788. The normalized spacial score (nSPS) is 11.7. The maximum atomic E-state index is 13.6. The molecule has 0 radical (unpaired) electrons. The number of aromatic nitrogens is 2. The Bertz CT molecular complexity index is 584. The summed E-state index contributed by atoms with van der Waals surface area (Å²) in [5.74, 6) is -0.660. The number of halogens is 3. The summed E-state index contributed by atoms with van der Waals surface area (Å²) in [5, 5.41) is 0. The van der Waals surface area contributed by atoms with Gasteiger partial charge in [-0.2, -0.15) is 0 Å². The molecule has 0 aliphatic rings. The first kappa shape index (κ1) is 14.2. The van der Waals surface area contributed by atoms with Gasteiger partial charge in [-0.3, -0.25) is 0 Å². The molecule has 3 nitrogen and oxygen atoms in total. The van der Waals surface area contributed by atoms with Crippen LogP contribution in [0.4, 0.5) is 8.78 Å². The second-order valence-corrected chi connectivity index (χ2v) is 4.76. The Morgan fingerprint density at radius 3 is 2.74 bits per heavy atom. The summed E-state index contributed by atoms with van der Waals surface area (Å²) in [7, 11) is 0. The summed E-state index contributed by atoms with van der Waals surface area (Å²) >= 11 is 5.80. The van der Waals surface area contributed by atoms with Crippen LogP contribution in [0.3, 0.4) is 0 Å². The molecule has 6 heteroatoms. The first-order valence-electron chi connectivity index (χ1n) is 6.04. The van der Waals surface area contributed by atoms with Gasteiger partial charge in [-0.15, -0.1) is 11.6 Å². The predicted octanol–water partition coefficient (Wildman–Crippen LogP) is 3.48. The Morgan fingerprint density at radius 2 is 2.11 bits per heavy atom. The molecule has 0 saturated carbocycles. The van der Waals surface area contributed by atoms with Crippen LogP contribution in [0.15, 0.2) is 12.1 Å². The minimum atomic E-state index is -0.676. The van der Waals surface area contributed by atoms with Crippen molar-refractivity contribution in [2.75, 3.05) is 6.61 Å². The zero-order valence-corrected chi connectivity index (χ0v) is 11.5. The molecular weight excluding hydrogens is 274 g/mol. The SMILES string of the molecule is CC(C)OCCn1c(CCl)nc2c(F)cc(F)cc21. The fourth-order valence-electron chi connectivity index (χ4n) is 1.93. The third kappa shape index (κ3) is 3.04. The molecule has 0 amide bonds. The third-order valence-electron chi connectivity index (χ3n) is 2.74. The van der Waals surface area contributed by atoms with E-state index in [1.54, 1.807) is 4.57 Å². The number of hydrogen-bond acceptors (Lipinski definition) is 2. The lowest BCUT2D eigenvalue weighted by molar-refractivity contribution is 0.0729. The molecule has 0 bridgehead atoms. The van der Waals surface area contributed by atoms with Crippen molar-refractivity contribution in [1.29, 1.82) is 0 Å². The minimum absolute atomic E-state index is 0.0997. The van der Waals surface area contributed by atoms with Crippen molar-refractivity contribution in [3.63, 3.8) is 0 Å². The highest BCUT2D eigenvalue weighted by atomic mass is 35.5. The van der Waals surface area contributed by atoms with Gasteiger partial charge in [0.1, 0.15) is 17.2 Å². The van der Waals surface area contributed by atoms with Crippen LogP contribution in [0.25, 0.3) is 11.0 Å². The zero-order chi connectivity index (χ0) is 14.0. The average Bonchev–Trinajstić information content (AvgIpc) is 2.67. The number of ether oxygens (including phenoxy) is 1. The van der Waals surface area contributed by atoms with Crippen molar-refractivity contribution in [3.05, 3.63) is 29.6 Å². The number of benzene rings is 1. The first-order chi connectivity index (χ1) is 9.02. The van der Waals surface area contributed by atoms with Crippen LogP contribution in [-0.4, -0.2) is 22.3 Å². The predicted molar refractivity (Wildman–Crippen MR) is 70.3 cm³/mol. The Kier molecular flexibility index (Phi) is 4.37. The minimum Gasteiger partial charge on any atom is -0.377 e. The van der Waals surface area contributed by atoms with Crippen LogP contribution >= 0.6 is 11.6 Å². The summed E-state index contributed by atoms with van der Waals surface area (Å²) in [6.45, 7) is 4.74. The number of hydrogen-bond donors (Lipinski definition) is 0. The number of alkyl halides is 1. The molecule has 0 aliphatic carbocycles. The molecule has 0 spiro atoms. The van der Waals surface area contributed by atoms with E-state index < -0.39 is 11.6 Å². The monoisotopic (exact) mass is 288 g/mol. The smallest absolute Gasteiger partial charge is 0.153 e. The molecule has 1 aromatic heterocycles. The van der Waals surface area contributed by atoms with Crippen LogP contribution in [0.5, 0.6) is 0 Å². The molecule has 0 unspecified atom stereocenters. The Balaban J connectivity index is 2.39. The van der Waals surface area contributed by atoms with E-state index in [2.05, 4.69) is 4.98 Å². The van der Waals surface area contributed by atoms with Gasteiger partial charge in [0.15, 0.2) is 5.82 Å². The van der Waals surface area contributed by atoms with E-state index in [1.165, 1.54) is 6.07 Å². The van der Waals surface area contributed by atoms with Gasteiger partial charge in [0.25, 0.3) is 0 Å². The topological polar surface area (TPSA) is 27.1 Å². The van der Waals surface area contributed by atoms with Crippen molar-refractivity contribution in [3.8, 4) is 0 Å². The second kappa shape index (κ2) is 5.84. The van der Waals surface area contributed by atoms with E-state index in [1.807, 2.05) is 13.8 Å². The largest absolute Gasteiger partial charge is 0.377 e. The molecular formula is C13H15ClF2N2O.